The van der Waals surface area contributed by atoms with Gasteiger partial charge in [-0.15, -0.1) is 0 Å². The van der Waals surface area contributed by atoms with E-state index in [1.807, 2.05) is 0 Å². The molecule has 31 heavy (non-hydrogen) atoms. The zero-order chi connectivity index (χ0) is 21.3. The topological polar surface area (TPSA) is 72.8 Å². The Morgan fingerprint density at radius 3 is 2.65 bits per heavy atom. The molecule has 0 radical (unpaired) electrons. The molecule has 0 atom stereocenters. The summed E-state index contributed by atoms with van der Waals surface area (Å²) in [6.45, 7) is 7.66. The Morgan fingerprint density at radius 2 is 1.84 bits per heavy atom. The van der Waals surface area contributed by atoms with E-state index in [4.69, 9.17) is 25.8 Å². The third-order valence-electron chi connectivity index (χ3n) is 6.25. The number of halogens is 2. The van der Waals surface area contributed by atoms with Crippen LogP contribution in [0.2, 0.25) is 5.15 Å². The van der Waals surface area contributed by atoms with Crippen LogP contribution < -0.4 is 9.64 Å². The SMILES string of the molecule is Fc1c(Cl)ncc2c(N3CCCOCC3)nc(OCC3(CN4CCOCC4)CC3)nc12. The number of aromatic nitrogens is 3. The predicted molar refractivity (Wildman–Crippen MR) is 114 cm³/mol. The molecule has 0 bridgehead atoms. The second-order valence-electron chi connectivity index (χ2n) is 8.59. The third-order valence-corrected chi connectivity index (χ3v) is 6.51. The van der Waals surface area contributed by atoms with Crippen molar-refractivity contribution in [1.29, 1.82) is 0 Å². The Kier molecular flexibility index (Phi) is 6.10. The summed E-state index contributed by atoms with van der Waals surface area (Å²) in [7, 11) is 0. The highest BCUT2D eigenvalue weighted by Gasteiger charge is 2.45. The fourth-order valence-electron chi connectivity index (χ4n) is 4.24. The Morgan fingerprint density at radius 1 is 1.06 bits per heavy atom. The second kappa shape index (κ2) is 8.97. The molecule has 5 rings (SSSR count). The van der Waals surface area contributed by atoms with Crippen molar-refractivity contribution in [3.63, 3.8) is 0 Å². The van der Waals surface area contributed by atoms with E-state index in [1.54, 1.807) is 0 Å². The molecule has 2 aliphatic heterocycles. The molecule has 1 saturated carbocycles. The van der Waals surface area contributed by atoms with Crippen LogP contribution in [-0.2, 0) is 9.47 Å². The normalized spacial score (nSPS) is 21.8. The van der Waals surface area contributed by atoms with Crippen LogP contribution in [0.3, 0.4) is 0 Å². The molecular formula is C21H27ClFN5O3. The number of fused-ring (bicyclic) bond motifs is 1. The lowest BCUT2D eigenvalue weighted by Crippen LogP contribution is -2.41. The fourth-order valence-corrected chi connectivity index (χ4v) is 4.38. The van der Waals surface area contributed by atoms with Crippen molar-refractivity contribution in [1.82, 2.24) is 19.9 Å². The number of morpholine rings is 1. The number of nitrogens with zero attached hydrogens (tertiary/aromatic N) is 5. The predicted octanol–water partition coefficient (Wildman–Crippen LogP) is 2.54. The zero-order valence-electron chi connectivity index (χ0n) is 17.5. The molecule has 4 heterocycles. The number of ether oxygens (including phenoxy) is 3. The first-order chi connectivity index (χ1) is 15.1. The van der Waals surface area contributed by atoms with Crippen molar-refractivity contribution < 1.29 is 18.6 Å². The van der Waals surface area contributed by atoms with Gasteiger partial charge in [0.1, 0.15) is 11.3 Å². The van der Waals surface area contributed by atoms with Crippen molar-refractivity contribution in [2.24, 2.45) is 5.41 Å². The summed E-state index contributed by atoms with van der Waals surface area (Å²) in [5, 5.41) is 0.332. The molecule has 0 aromatic carbocycles. The number of hydrogen-bond donors (Lipinski definition) is 0. The summed E-state index contributed by atoms with van der Waals surface area (Å²) in [6, 6.07) is 0.182. The summed E-state index contributed by atoms with van der Waals surface area (Å²) in [5.74, 6) is -0.0280. The molecule has 2 aromatic heterocycles. The smallest absolute Gasteiger partial charge is 0.319 e. The fraction of sp³-hybridized carbons (Fsp3) is 0.667. The van der Waals surface area contributed by atoms with E-state index < -0.39 is 5.82 Å². The maximum Gasteiger partial charge on any atom is 0.319 e. The lowest BCUT2D eigenvalue weighted by molar-refractivity contribution is 0.0231. The molecule has 3 aliphatic rings. The van der Waals surface area contributed by atoms with Gasteiger partial charge in [0, 0.05) is 50.9 Å². The van der Waals surface area contributed by atoms with E-state index in [9.17, 15) is 4.39 Å². The molecule has 2 aromatic rings. The van der Waals surface area contributed by atoms with E-state index in [1.165, 1.54) is 6.20 Å². The Balaban J connectivity index is 1.39. The standard InChI is InChI=1S/C21H27ClFN5O3/c22-18-16(23)17-15(12-24-18)19(28-4-1-8-29-11-7-28)26-20(25-17)31-14-21(2-3-21)13-27-5-9-30-10-6-27/h12H,1-11,13-14H2. The van der Waals surface area contributed by atoms with Gasteiger partial charge in [0.15, 0.2) is 11.0 Å². The quantitative estimate of drug-likeness (QED) is 0.620. The van der Waals surface area contributed by atoms with Crippen molar-refractivity contribution in [2.45, 2.75) is 19.3 Å². The Bertz CT molecular complexity index is 931. The summed E-state index contributed by atoms with van der Waals surface area (Å²) in [5.41, 5.74) is 0.254. The molecule has 3 fully saturated rings. The highest BCUT2D eigenvalue weighted by Crippen LogP contribution is 2.46. The maximum atomic E-state index is 14.8. The Hall–Kier alpha value is -1.81. The molecule has 0 unspecified atom stereocenters. The molecular weight excluding hydrogens is 425 g/mol. The zero-order valence-corrected chi connectivity index (χ0v) is 18.2. The van der Waals surface area contributed by atoms with E-state index in [-0.39, 0.29) is 22.1 Å². The van der Waals surface area contributed by atoms with Crippen LogP contribution in [0.1, 0.15) is 19.3 Å². The molecule has 8 nitrogen and oxygen atoms in total. The van der Waals surface area contributed by atoms with E-state index in [0.29, 0.717) is 37.6 Å². The van der Waals surface area contributed by atoms with Crippen molar-refractivity contribution in [3.05, 3.63) is 17.2 Å². The van der Waals surface area contributed by atoms with Crippen LogP contribution in [0, 0.1) is 11.2 Å². The van der Waals surface area contributed by atoms with Gasteiger partial charge in [0.05, 0.1) is 31.8 Å². The first-order valence-corrected chi connectivity index (χ1v) is 11.3. The molecule has 10 heteroatoms. The maximum absolute atomic E-state index is 14.8. The lowest BCUT2D eigenvalue weighted by Gasteiger charge is -2.30. The highest BCUT2D eigenvalue weighted by molar-refractivity contribution is 6.30. The number of pyridine rings is 1. The van der Waals surface area contributed by atoms with Crippen molar-refractivity contribution in [2.75, 3.05) is 70.7 Å². The number of rotatable bonds is 6. The lowest BCUT2D eigenvalue weighted by atomic mass is 10.1. The van der Waals surface area contributed by atoms with E-state index in [0.717, 1.165) is 58.7 Å². The molecule has 0 N–H and O–H groups in total. The van der Waals surface area contributed by atoms with Gasteiger partial charge in [-0.05, 0) is 19.3 Å². The van der Waals surface area contributed by atoms with Crippen LogP contribution in [0.5, 0.6) is 6.01 Å². The molecule has 1 aliphatic carbocycles. The van der Waals surface area contributed by atoms with Crippen molar-refractivity contribution in [3.8, 4) is 6.01 Å². The van der Waals surface area contributed by atoms with E-state index >= 15 is 0 Å². The minimum atomic E-state index is -0.645. The van der Waals surface area contributed by atoms with E-state index in [2.05, 4.69) is 24.8 Å². The van der Waals surface area contributed by atoms with Crippen LogP contribution >= 0.6 is 11.6 Å². The molecule has 0 amide bonds. The van der Waals surface area contributed by atoms with Crippen LogP contribution in [0.4, 0.5) is 10.2 Å². The van der Waals surface area contributed by atoms with Crippen LogP contribution in [-0.4, -0.2) is 85.6 Å². The van der Waals surface area contributed by atoms with Gasteiger partial charge in [-0.25, -0.2) is 9.37 Å². The van der Waals surface area contributed by atoms with Gasteiger partial charge in [-0.1, -0.05) is 11.6 Å². The third kappa shape index (κ3) is 4.69. The first kappa shape index (κ1) is 21.1. The minimum Gasteiger partial charge on any atom is -0.463 e. The Labute approximate surface area is 185 Å². The summed E-state index contributed by atoms with van der Waals surface area (Å²) >= 11 is 5.94. The number of hydrogen-bond acceptors (Lipinski definition) is 8. The summed E-state index contributed by atoms with van der Waals surface area (Å²) < 4.78 is 31.9. The highest BCUT2D eigenvalue weighted by atomic mass is 35.5. The number of anilines is 1. The summed E-state index contributed by atoms with van der Waals surface area (Å²) in [4.78, 5) is 17.5. The van der Waals surface area contributed by atoms with Gasteiger partial charge >= 0.3 is 6.01 Å². The van der Waals surface area contributed by atoms with Gasteiger partial charge in [0.25, 0.3) is 0 Å². The average molecular weight is 452 g/mol. The monoisotopic (exact) mass is 451 g/mol. The molecule has 2 saturated heterocycles. The van der Waals surface area contributed by atoms with Gasteiger partial charge in [-0.2, -0.15) is 9.97 Å². The van der Waals surface area contributed by atoms with Crippen molar-refractivity contribution >= 4 is 28.3 Å². The second-order valence-corrected chi connectivity index (χ2v) is 8.94. The molecule has 0 spiro atoms. The van der Waals surface area contributed by atoms with Crippen LogP contribution in [0.15, 0.2) is 6.20 Å². The first-order valence-electron chi connectivity index (χ1n) is 10.9. The largest absolute Gasteiger partial charge is 0.463 e. The molecule has 168 valence electrons. The summed E-state index contributed by atoms with van der Waals surface area (Å²) in [6.07, 6.45) is 4.62. The average Bonchev–Trinajstić information content (AvgIpc) is 3.59. The van der Waals surface area contributed by atoms with Gasteiger partial charge in [0.2, 0.25) is 0 Å². The van der Waals surface area contributed by atoms with Gasteiger partial charge < -0.3 is 19.1 Å². The van der Waals surface area contributed by atoms with Gasteiger partial charge in [-0.3, -0.25) is 4.90 Å². The van der Waals surface area contributed by atoms with Crippen LogP contribution in [0.25, 0.3) is 10.9 Å². The minimum absolute atomic E-state index is 0.112.